The summed E-state index contributed by atoms with van der Waals surface area (Å²) in [7, 11) is 0. The van der Waals surface area contributed by atoms with E-state index in [-0.39, 0.29) is 22.6 Å². The maximum absolute atomic E-state index is 13.0. The molecule has 0 radical (unpaired) electrons. The average Bonchev–Trinajstić information content (AvgIpc) is 3.09. The number of carbonyl (C=O) groups excluding carboxylic acids is 1. The first-order chi connectivity index (χ1) is 13.0. The van der Waals surface area contributed by atoms with E-state index < -0.39 is 0 Å². The molecule has 6 nitrogen and oxygen atoms in total. The van der Waals surface area contributed by atoms with Gasteiger partial charge >= 0.3 is 0 Å². The number of hydrogen-bond acceptors (Lipinski definition) is 5. The highest BCUT2D eigenvalue weighted by atomic mass is 32.1. The molecule has 0 spiro atoms. The molecule has 2 aromatic rings. The van der Waals surface area contributed by atoms with Crippen molar-refractivity contribution in [2.45, 2.75) is 19.4 Å². The maximum Gasteiger partial charge on any atom is 0.184 e. The summed E-state index contributed by atoms with van der Waals surface area (Å²) >= 11 is 4.66. The molecule has 3 rings (SSSR count). The van der Waals surface area contributed by atoms with Gasteiger partial charge in [-0.3, -0.25) is 15.1 Å². The van der Waals surface area contributed by atoms with Gasteiger partial charge in [-0.25, -0.2) is 4.39 Å². The molecule has 0 bridgehead atoms. The van der Waals surface area contributed by atoms with Gasteiger partial charge in [-0.1, -0.05) is 0 Å². The third-order valence-electron chi connectivity index (χ3n) is 4.52. The van der Waals surface area contributed by atoms with Crippen molar-refractivity contribution in [1.29, 1.82) is 0 Å². The van der Waals surface area contributed by atoms with E-state index in [0.29, 0.717) is 17.9 Å². The number of nitrogens with one attached hydrogen (secondary N) is 1. The fraction of sp³-hybridized carbons (Fsp3) is 0.316. The highest BCUT2D eigenvalue weighted by Gasteiger charge is 2.26. The van der Waals surface area contributed by atoms with Crippen LogP contribution < -0.4 is 11.2 Å². The minimum atomic E-state index is -0.328. The fourth-order valence-electron chi connectivity index (χ4n) is 3.13. The van der Waals surface area contributed by atoms with Crippen LogP contribution in [0.2, 0.25) is 0 Å². The number of likely N-dealkylation sites (tertiary alicyclic amines) is 1. The molecule has 0 amide bonds. The summed E-state index contributed by atoms with van der Waals surface area (Å²) in [6, 6.07) is 9.50. The van der Waals surface area contributed by atoms with Crippen molar-refractivity contribution in [1.82, 2.24) is 10.3 Å². The van der Waals surface area contributed by atoms with Gasteiger partial charge in [0.15, 0.2) is 10.9 Å². The summed E-state index contributed by atoms with van der Waals surface area (Å²) in [6.45, 7) is 2.30. The second-order valence-corrected chi connectivity index (χ2v) is 6.90. The lowest BCUT2D eigenvalue weighted by atomic mass is 9.89. The number of furan rings is 1. The number of carbonyl (C=O) groups is 1. The van der Waals surface area contributed by atoms with Crippen molar-refractivity contribution in [2.24, 2.45) is 16.8 Å². The van der Waals surface area contributed by atoms with Gasteiger partial charge in [0.25, 0.3) is 0 Å². The third kappa shape index (κ3) is 5.45. The Labute approximate surface area is 162 Å². The number of hydrogen-bond donors (Lipinski definition) is 2. The molecule has 3 N–H and O–H groups in total. The number of benzene rings is 1. The van der Waals surface area contributed by atoms with Gasteiger partial charge in [-0.15, -0.1) is 0 Å². The van der Waals surface area contributed by atoms with Crippen LogP contribution in [0.1, 0.15) is 34.7 Å². The Kier molecular flexibility index (Phi) is 6.31. The molecule has 0 atom stereocenters. The molecular formula is C19H21FN4O2S. The van der Waals surface area contributed by atoms with E-state index in [2.05, 4.69) is 27.6 Å². The van der Waals surface area contributed by atoms with Crippen molar-refractivity contribution in [3.63, 3.8) is 0 Å². The number of nitrogens with zero attached hydrogens (tertiary/aromatic N) is 2. The molecular weight excluding hydrogens is 367 g/mol. The highest BCUT2D eigenvalue weighted by Crippen LogP contribution is 2.23. The molecule has 2 heterocycles. The summed E-state index contributed by atoms with van der Waals surface area (Å²) in [5, 5.41) is 3.95. The normalized spacial score (nSPS) is 15.9. The zero-order valence-corrected chi connectivity index (χ0v) is 15.5. The predicted octanol–water partition coefficient (Wildman–Crippen LogP) is 2.68. The van der Waals surface area contributed by atoms with Crippen LogP contribution in [0.4, 0.5) is 4.39 Å². The number of ketones is 1. The number of halogens is 1. The van der Waals surface area contributed by atoms with Crippen LogP contribution in [-0.4, -0.2) is 35.1 Å². The monoisotopic (exact) mass is 388 g/mol. The second-order valence-electron chi connectivity index (χ2n) is 6.46. The van der Waals surface area contributed by atoms with Gasteiger partial charge in [-0.2, -0.15) is 5.10 Å². The Bertz CT molecular complexity index is 826. The molecule has 0 saturated carbocycles. The summed E-state index contributed by atoms with van der Waals surface area (Å²) in [4.78, 5) is 14.8. The van der Waals surface area contributed by atoms with Crippen molar-refractivity contribution < 1.29 is 13.6 Å². The van der Waals surface area contributed by atoms with Crippen LogP contribution in [0.25, 0.3) is 0 Å². The minimum Gasteiger partial charge on any atom is -0.459 e. The first-order valence-electron chi connectivity index (χ1n) is 8.70. The molecule has 1 saturated heterocycles. The molecule has 0 aliphatic carbocycles. The van der Waals surface area contributed by atoms with Gasteiger partial charge < -0.3 is 10.2 Å². The highest BCUT2D eigenvalue weighted by molar-refractivity contribution is 7.80. The summed E-state index contributed by atoms with van der Waals surface area (Å²) in [6.07, 6.45) is 3.07. The SMILES string of the molecule is NC(=S)N/N=C/c1ccc(CN2CCC(C(=O)c3ccc(F)cc3)CC2)o1. The van der Waals surface area contributed by atoms with E-state index >= 15 is 0 Å². The van der Waals surface area contributed by atoms with E-state index in [1.165, 1.54) is 18.3 Å². The number of piperidine rings is 1. The Morgan fingerprint density at radius 3 is 2.67 bits per heavy atom. The van der Waals surface area contributed by atoms with Gasteiger partial charge in [0.05, 0.1) is 12.8 Å². The van der Waals surface area contributed by atoms with Crippen LogP contribution >= 0.6 is 12.2 Å². The van der Waals surface area contributed by atoms with Crippen LogP contribution in [0.15, 0.2) is 45.9 Å². The van der Waals surface area contributed by atoms with Crippen molar-refractivity contribution >= 4 is 29.3 Å². The van der Waals surface area contributed by atoms with Crippen molar-refractivity contribution in [3.05, 3.63) is 59.3 Å². The van der Waals surface area contributed by atoms with Crippen molar-refractivity contribution in [3.8, 4) is 0 Å². The van der Waals surface area contributed by atoms with E-state index in [4.69, 9.17) is 10.2 Å². The topological polar surface area (TPSA) is 83.9 Å². The summed E-state index contributed by atoms with van der Waals surface area (Å²) < 4.78 is 18.7. The van der Waals surface area contributed by atoms with E-state index in [9.17, 15) is 9.18 Å². The molecule has 1 aromatic heterocycles. The Morgan fingerprint density at radius 2 is 2.00 bits per heavy atom. The lowest BCUT2D eigenvalue weighted by molar-refractivity contribution is 0.0829. The van der Waals surface area contributed by atoms with E-state index in [1.807, 2.05) is 12.1 Å². The minimum absolute atomic E-state index is 0.0165. The van der Waals surface area contributed by atoms with Crippen LogP contribution in [0, 0.1) is 11.7 Å². The number of nitrogens with two attached hydrogens (primary N) is 1. The Hall–Kier alpha value is -2.58. The molecule has 1 aliphatic rings. The van der Waals surface area contributed by atoms with Gasteiger partial charge in [0.1, 0.15) is 17.3 Å². The number of thiocarbonyl (C=S) groups is 1. The first kappa shape index (κ1) is 19.2. The number of Topliss-reactive ketones (excluding diaryl/α,β-unsaturated/α-hetero) is 1. The van der Waals surface area contributed by atoms with Crippen LogP contribution in [0.3, 0.4) is 0 Å². The summed E-state index contributed by atoms with van der Waals surface area (Å²) in [5.74, 6) is 1.18. The van der Waals surface area contributed by atoms with Gasteiger partial charge in [-0.05, 0) is 74.5 Å². The van der Waals surface area contributed by atoms with E-state index in [0.717, 1.165) is 31.7 Å². The molecule has 27 heavy (non-hydrogen) atoms. The fourth-order valence-corrected chi connectivity index (χ4v) is 3.18. The largest absolute Gasteiger partial charge is 0.459 e. The molecule has 8 heteroatoms. The van der Waals surface area contributed by atoms with Gasteiger partial charge in [0.2, 0.25) is 0 Å². The lowest BCUT2D eigenvalue weighted by Crippen LogP contribution is -2.35. The Balaban J connectivity index is 1.49. The van der Waals surface area contributed by atoms with E-state index in [1.54, 1.807) is 12.1 Å². The second kappa shape index (κ2) is 8.88. The molecule has 142 valence electrons. The number of rotatable bonds is 6. The lowest BCUT2D eigenvalue weighted by Gasteiger charge is -2.30. The quantitative estimate of drug-likeness (QED) is 0.343. The maximum atomic E-state index is 13.0. The van der Waals surface area contributed by atoms with Crippen LogP contribution in [-0.2, 0) is 6.54 Å². The number of hydrazone groups is 1. The third-order valence-corrected chi connectivity index (χ3v) is 4.61. The summed E-state index contributed by atoms with van der Waals surface area (Å²) in [5.41, 5.74) is 8.34. The average molecular weight is 388 g/mol. The predicted molar refractivity (Wildman–Crippen MR) is 105 cm³/mol. The Morgan fingerprint density at radius 1 is 1.30 bits per heavy atom. The molecule has 1 aliphatic heterocycles. The molecule has 0 unspecified atom stereocenters. The van der Waals surface area contributed by atoms with Crippen LogP contribution in [0.5, 0.6) is 0 Å². The zero-order chi connectivity index (χ0) is 19.2. The zero-order valence-electron chi connectivity index (χ0n) is 14.7. The molecule has 1 fully saturated rings. The molecule has 1 aromatic carbocycles. The van der Waals surface area contributed by atoms with Gasteiger partial charge in [0, 0.05) is 11.5 Å². The first-order valence-corrected chi connectivity index (χ1v) is 9.11. The van der Waals surface area contributed by atoms with Crippen molar-refractivity contribution in [2.75, 3.05) is 13.1 Å². The standard InChI is InChI=1S/C19H21FN4O2S/c20-15-3-1-13(2-4-15)18(25)14-7-9-24(10-8-14)12-17-6-5-16(26-17)11-22-23-19(21)27/h1-6,11,14H,7-10,12H2,(H3,21,23,27)/b22-11+. The smallest absolute Gasteiger partial charge is 0.184 e.